The van der Waals surface area contributed by atoms with Gasteiger partial charge in [-0.25, -0.2) is 8.42 Å². The van der Waals surface area contributed by atoms with Gasteiger partial charge in [0.05, 0.1) is 6.26 Å². The molecule has 0 unspecified atom stereocenters. The second kappa shape index (κ2) is 7.15. The zero-order valence-corrected chi connectivity index (χ0v) is 13.7. The zero-order valence-electron chi connectivity index (χ0n) is 12.9. The molecule has 0 spiro atoms. The number of aryl methyl sites for hydroxylation is 1. The molecule has 0 atom stereocenters. The third-order valence-electron chi connectivity index (χ3n) is 2.86. The maximum Gasteiger partial charge on any atom is 0.244 e. The van der Waals surface area contributed by atoms with E-state index in [0.717, 1.165) is 17.6 Å². The Kier molecular flexibility index (Phi) is 5.23. The summed E-state index contributed by atoms with van der Waals surface area (Å²) in [6.07, 6.45) is 4.06. The van der Waals surface area contributed by atoms with Crippen molar-refractivity contribution >= 4 is 27.7 Å². The minimum atomic E-state index is -3.32. The smallest absolute Gasteiger partial charge is 0.244 e. The van der Waals surface area contributed by atoms with Gasteiger partial charge in [-0.1, -0.05) is 12.1 Å². The number of benzene rings is 1. The van der Waals surface area contributed by atoms with E-state index in [2.05, 4.69) is 10.0 Å². The molecule has 6 nitrogen and oxygen atoms in total. The lowest BCUT2D eigenvalue weighted by atomic mass is 10.2. The minimum absolute atomic E-state index is 0.263. The maximum absolute atomic E-state index is 11.8. The molecule has 0 radical (unpaired) electrons. The number of carbonyl (C=O) groups excluding carboxylic acids is 1. The predicted molar refractivity (Wildman–Crippen MR) is 89.2 cm³/mol. The van der Waals surface area contributed by atoms with Crippen LogP contribution in [0.4, 0.5) is 5.69 Å². The fourth-order valence-corrected chi connectivity index (χ4v) is 2.46. The fraction of sp³-hybridized carbons (Fsp3) is 0.188. The molecule has 1 heterocycles. The van der Waals surface area contributed by atoms with E-state index in [1.807, 2.05) is 13.0 Å². The first kappa shape index (κ1) is 16.8. The number of rotatable bonds is 6. The van der Waals surface area contributed by atoms with Crippen molar-refractivity contribution < 1.29 is 17.6 Å². The average molecular weight is 334 g/mol. The van der Waals surface area contributed by atoms with Gasteiger partial charge in [-0.15, -0.1) is 0 Å². The van der Waals surface area contributed by atoms with Crippen LogP contribution < -0.4 is 10.0 Å². The molecule has 1 aromatic carbocycles. The Morgan fingerprint density at radius 1 is 1.26 bits per heavy atom. The molecule has 0 saturated carbocycles. The molecule has 0 bridgehead atoms. The summed E-state index contributed by atoms with van der Waals surface area (Å²) in [5, 5.41) is 2.72. The van der Waals surface area contributed by atoms with E-state index in [1.165, 1.54) is 6.08 Å². The van der Waals surface area contributed by atoms with Crippen molar-refractivity contribution in [2.75, 3.05) is 11.0 Å². The van der Waals surface area contributed by atoms with Crippen LogP contribution in [0.5, 0.6) is 0 Å². The first-order valence-corrected chi connectivity index (χ1v) is 8.80. The number of furan rings is 1. The second-order valence-electron chi connectivity index (χ2n) is 5.07. The molecule has 2 rings (SSSR count). The quantitative estimate of drug-likeness (QED) is 0.793. The highest BCUT2D eigenvalue weighted by molar-refractivity contribution is 7.92. The van der Waals surface area contributed by atoms with Gasteiger partial charge in [0.25, 0.3) is 0 Å². The maximum atomic E-state index is 11.8. The van der Waals surface area contributed by atoms with Crippen LogP contribution in [-0.2, 0) is 21.4 Å². The van der Waals surface area contributed by atoms with Crippen LogP contribution in [-0.4, -0.2) is 20.6 Å². The normalized spacial score (nSPS) is 11.6. The van der Waals surface area contributed by atoms with Gasteiger partial charge in [0.1, 0.15) is 11.5 Å². The third kappa shape index (κ3) is 5.99. The Balaban J connectivity index is 1.91. The van der Waals surface area contributed by atoms with Gasteiger partial charge < -0.3 is 9.73 Å². The van der Waals surface area contributed by atoms with Crippen molar-refractivity contribution in [3.63, 3.8) is 0 Å². The summed E-state index contributed by atoms with van der Waals surface area (Å²) < 4.78 is 30.1. The molecule has 7 heteroatoms. The predicted octanol–water partition coefficient (Wildman–Crippen LogP) is 2.29. The summed E-state index contributed by atoms with van der Waals surface area (Å²) in [7, 11) is -3.32. The van der Waals surface area contributed by atoms with E-state index >= 15 is 0 Å². The molecule has 0 aliphatic rings. The van der Waals surface area contributed by atoms with Crippen LogP contribution in [0.2, 0.25) is 0 Å². The summed E-state index contributed by atoms with van der Waals surface area (Å²) in [5.41, 5.74) is 1.25. The summed E-state index contributed by atoms with van der Waals surface area (Å²) in [6.45, 7) is 2.12. The first-order chi connectivity index (χ1) is 10.8. The van der Waals surface area contributed by atoms with E-state index < -0.39 is 10.0 Å². The molecular weight excluding hydrogens is 316 g/mol. The molecule has 0 aliphatic carbocycles. The van der Waals surface area contributed by atoms with Crippen molar-refractivity contribution in [2.45, 2.75) is 13.5 Å². The average Bonchev–Trinajstić information content (AvgIpc) is 2.87. The highest BCUT2D eigenvalue weighted by Crippen LogP contribution is 2.12. The van der Waals surface area contributed by atoms with Crippen molar-refractivity contribution in [3.05, 3.63) is 59.6 Å². The van der Waals surface area contributed by atoms with Crippen molar-refractivity contribution in [1.29, 1.82) is 0 Å². The Bertz CT molecular complexity index is 822. The van der Waals surface area contributed by atoms with E-state index in [0.29, 0.717) is 18.0 Å². The molecule has 1 amide bonds. The Morgan fingerprint density at radius 3 is 2.70 bits per heavy atom. The lowest BCUT2D eigenvalue weighted by Gasteiger charge is -2.07. The van der Waals surface area contributed by atoms with Crippen LogP contribution in [0.25, 0.3) is 6.08 Å². The Labute approximate surface area is 135 Å². The van der Waals surface area contributed by atoms with Crippen LogP contribution >= 0.6 is 0 Å². The first-order valence-electron chi connectivity index (χ1n) is 6.91. The number of carbonyl (C=O) groups is 1. The van der Waals surface area contributed by atoms with Crippen molar-refractivity contribution in [2.24, 2.45) is 0 Å². The van der Waals surface area contributed by atoms with Gasteiger partial charge in [0.15, 0.2) is 0 Å². The number of nitrogens with one attached hydrogen (secondary N) is 2. The van der Waals surface area contributed by atoms with Crippen molar-refractivity contribution in [3.8, 4) is 0 Å². The number of hydrogen-bond acceptors (Lipinski definition) is 4. The van der Waals surface area contributed by atoms with E-state index in [9.17, 15) is 13.2 Å². The van der Waals surface area contributed by atoms with Crippen molar-refractivity contribution in [1.82, 2.24) is 5.32 Å². The Morgan fingerprint density at radius 2 is 2.04 bits per heavy atom. The lowest BCUT2D eigenvalue weighted by Crippen LogP contribution is -2.20. The molecule has 23 heavy (non-hydrogen) atoms. The van der Waals surface area contributed by atoms with E-state index in [4.69, 9.17) is 4.42 Å². The molecule has 2 aromatic rings. The van der Waals surface area contributed by atoms with Crippen LogP contribution in [0, 0.1) is 6.92 Å². The monoisotopic (exact) mass is 334 g/mol. The summed E-state index contributed by atoms with van der Waals surface area (Å²) in [4.78, 5) is 11.8. The molecule has 0 aliphatic heterocycles. The van der Waals surface area contributed by atoms with Crippen LogP contribution in [0.1, 0.15) is 17.1 Å². The molecule has 0 fully saturated rings. The SMILES string of the molecule is Cc1ccc(/C=C/C(=O)NCc2cccc(NS(C)(=O)=O)c2)o1. The molecular formula is C16H18N2O4S. The molecule has 2 N–H and O–H groups in total. The summed E-state index contributed by atoms with van der Waals surface area (Å²) in [5.74, 6) is 1.12. The summed E-state index contributed by atoms with van der Waals surface area (Å²) in [6, 6.07) is 10.4. The topological polar surface area (TPSA) is 88.4 Å². The Hall–Kier alpha value is -2.54. The fourth-order valence-electron chi connectivity index (χ4n) is 1.91. The zero-order chi connectivity index (χ0) is 16.9. The number of amides is 1. The largest absolute Gasteiger partial charge is 0.462 e. The van der Waals surface area contributed by atoms with Gasteiger partial charge in [-0.05, 0) is 42.8 Å². The number of hydrogen-bond donors (Lipinski definition) is 2. The van der Waals surface area contributed by atoms with E-state index in [1.54, 1.807) is 36.4 Å². The summed E-state index contributed by atoms with van der Waals surface area (Å²) >= 11 is 0. The van der Waals surface area contributed by atoms with Gasteiger partial charge in [0.2, 0.25) is 15.9 Å². The van der Waals surface area contributed by atoms with Gasteiger partial charge in [0, 0.05) is 18.3 Å². The van der Waals surface area contributed by atoms with Gasteiger partial charge in [-0.3, -0.25) is 9.52 Å². The lowest BCUT2D eigenvalue weighted by molar-refractivity contribution is -0.116. The van der Waals surface area contributed by atoms with Gasteiger partial charge >= 0.3 is 0 Å². The molecule has 1 aromatic heterocycles. The minimum Gasteiger partial charge on any atom is -0.462 e. The van der Waals surface area contributed by atoms with Gasteiger partial charge in [-0.2, -0.15) is 0 Å². The molecule has 122 valence electrons. The second-order valence-corrected chi connectivity index (χ2v) is 6.82. The standard InChI is InChI=1S/C16H18N2O4S/c1-12-6-7-15(22-12)8-9-16(19)17-11-13-4-3-5-14(10-13)18-23(2,20)21/h3-10,18H,11H2,1-2H3,(H,17,19)/b9-8+. The highest BCUT2D eigenvalue weighted by Gasteiger charge is 2.03. The molecule has 0 saturated heterocycles. The third-order valence-corrected chi connectivity index (χ3v) is 3.46. The van der Waals surface area contributed by atoms with Crippen LogP contribution in [0.3, 0.4) is 0 Å². The highest BCUT2D eigenvalue weighted by atomic mass is 32.2. The number of anilines is 1. The number of sulfonamides is 1. The van der Waals surface area contributed by atoms with Crippen LogP contribution in [0.15, 0.2) is 46.9 Å². The van der Waals surface area contributed by atoms with E-state index in [-0.39, 0.29) is 5.91 Å².